The maximum Gasteiger partial charge on any atom is 0.375 e. The van der Waals surface area contributed by atoms with E-state index >= 15 is 0 Å². The van der Waals surface area contributed by atoms with Gasteiger partial charge in [0.25, 0.3) is 5.78 Å². The number of aliphatic imine (C=N–C) groups is 1. The Morgan fingerprint density at radius 1 is 1.23 bits per heavy atom. The topological polar surface area (TPSA) is 110 Å². The van der Waals surface area contributed by atoms with Crippen molar-refractivity contribution in [3.63, 3.8) is 0 Å². The Balaban J connectivity index is 2.12. The number of nitrogens with zero attached hydrogens (tertiary/aromatic N) is 3. The summed E-state index contributed by atoms with van der Waals surface area (Å²) in [4.78, 5) is 41.3. The fourth-order valence-corrected chi connectivity index (χ4v) is 3.01. The van der Waals surface area contributed by atoms with Gasteiger partial charge in [-0.15, -0.1) is 0 Å². The predicted molar refractivity (Wildman–Crippen MR) is 91.4 cm³/mol. The molecule has 0 spiro atoms. The molecule has 1 aromatic rings. The third-order valence-corrected chi connectivity index (χ3v) is 4.21. The van der Waals surface area contributed by atoms with E-state index in [0.29, 0.717) is 24.6 Å². The molecule has 0 saturated heterocycles. The van der Waals surface area contributed by atoms with Crippen molar-refractivity contribution in [2.24, 2.45) is 16.0 Å². The van der Waals surface area contributed by atoms with E-state index in [9.17, 15) is 14.4 Å². The van der Waals surface area contributed by atoms with Crippen molar-refractivity contribution in [3.05, 3.63) is 35.4 Å². The van der Waals surface area contributed by atoms with Crippen molar-refractivity contribution in [1.82, 2.24) is 10.3 Å². The molecule has 0 bridgehead atoms. The van der Waals surface area contributed by atoms with E-state index in [0.717, 1.165) is 19.8 Å². The normalized spacial score (nSPS) is 19.1. The number of carbonyl (C=O) groups excluding carboxylic acids is 3. The molecular weight excluding hydrogens is 340 g/mol. The zero-order valence-electron chi connectivity index (χ0n) is 14.3. The van der Waals surface area contributed by atoms with Gasteiger partial charge in [-0.2, -0.15) is 5.10 Å². The van der Waals surface area contributed by atoms with Gasteiger partial charge in [0.15, 0.2) is 5.92 Å². The Bertz CT molecular complexity index is 804. The maximum atomic E-state index is 12.6. The molecule has 0 amide bonds. The second-order valence-electron chi connectivity index (χ2n) is 5.65. The highest BCUT2D eigenvalue weighted by atomic mass is 16.5. The molecule has 0 radical (unpaired) electrons. The van der Waals surface area contributed by atoms with Gasteiger partial charge in [0, 0.05) is 6.54 Å². The van der Waals surface area contributed by atoms with Gasteiger partial charge in [0.2, 0.25) is 5.96 Å². The highest BCUT2D eigenvalue weighted by molar-refractivity contribution is 6.38. The smallest absolute Gasteiger partial charge is 0.375 e. The lowest BCUT2D eigenvalue weighted by Crippen LogP contribution is -2.48. The summed E-state index contributed by atoms with van der Waals surface area (Å²) in [5.41, 5.74) is 1.39. The van der Waals surface area contributed by atoms with Crippen molar-refractivity contribution < 1.29 is 23.9 Å². The van der Waals surface area contributed by atoms with E-state index < -0.39 is 29.7 Å². The molecule has 0 fully saturated rings. The first kappa shape index (κ1) is 17.6. The number of hydrogen-bond donors (Lipinski definition) is 1. The van der Waals surface area contributed by atoms with Crippen LogP contribution in [-0.4, -0.2) is 62.2 Å². The number of fused-ring (bicyclic) bond motifs is 1. The van der Waals surface area contributed by atoms with Gasteiger partial charge >= 0.3 is 11.9 Å². The van der Waals surface area contributed by atoms with E-state index in [1.807, 2.05) is 12.1 Å². The van der Waals surface area contributed by atoms with E-state index in [2.05, 4.69) is 20.1 Å². The minimum absolute atomic E-state index is 0.423. The standard InChI is InChI=1S/C17H18N4O5/c1-25-15(23)12(14(22)16(24)26-2)13-11-6-4-3-5-10(11)9-20-21(13)17-18-7-8-19-17/h3-6,9,12-13H,7-8H2,1-2H3,(H,18,19)/t12-,13+/m1/s1. The molecule has 2 atom stereocenters. The maximum absolute atomic E-state index is 12.6. The number of methoxy groups -OCH3 is 2. The number of rotatable bonds is 4. The Hall–Kier alpha value is -3.23. The van der Waals surface area contributed by atoms with Gasteiger partial charge in [-0.05, 0) is 11.1 Å². The van der Waals surface area contributed by atoms with Crippen molar-refractivity contribution in [2.75, 3.05) is 27.3 Å². The molecule has 0 unspecified atom stereocenters. The summed E-state index contributed by atoms with van der Waals surface area (Å²) >= 11 is 0. The monoisotopic (exact) mass is 358 g/mol. The van der Waals surface area contributed by atoms with Crippen LogP contribution in [0.2, 0.25) is 0 Å². The van der Waals surface area contributed by atoms with Crippen molar-refractivity contribution in [2.45, 2.75) is 6.04 Å². The summed E-state index contributed by atoms with van der Waals surface area (Å²) in [6.45, 7) is 1.16. The second-order valence-corrected chi connectivity index (χ2v) is 5.65. The molecule has 2 aliphatic heterocycles. The highest BCUT2D eigenvalue weighted by Gasteiger charge is 2.46. The lowest BCUT2D eigenvalue weighted by molar-refractivity contribution is -0.162. The number of carbonyl (C=O) groups is 3. The van der Waals surface area contributed by atoms with Crippen LogP contribution in [0.25, 0.3) is 0 Å². The van der Waals surface area contributed by atoms with Gasteiger partial charge in [0.1, 0.15) is 6.04 Å². The van der Waals surface area contributed by atoms with Crippen LogP contribution in [-0.2, 0) is 23.9 Å². The van der Waals surface area contributed by atoms with Crippen molar-refractivity contribution in [3.8, 4) is 0 Å². The van der Waals surface area contributed by atoms with E-state index in [1.165, 1.54) is 5.01 Å². The molecule has 2 heterocycles. The fraction of sp³-hybridized carbons (Fsp3) is 0.353. The number of hydrazone groups is 1. The Morgan fingerprint density at radius 3 is 2.65 bits per heavy atom. The first-order chi connectivity index (χ1) is 12.6. The van der Waals surface area contributed by atoms with E-state index in [4.69, 9.17) is 4.74 Å². The molecule has 9 nitrogen and oxygen atoms in total. The molecule has 26 heavy (non-hydrogen) atoms. The quantitative estimate of drug-likeness (QED) is 0.453. The highest BCUT2D eigenvalue weighted by Crippen LogP contribution is 2.35. The number of esters is 2. The Labute approximate surface area is 149 Å². The summed E-state index contributed by atoms with van der Waals surface area (Å²) in [5.74, 6) is -3.99. The number of nitrogens with one attached hydrogen (secondary N) is 1. The van der Waals surface area contributed by atoms with Crippen molar-refractivity contribution >= 4 is 29.9 Å². The molecule has 2 aliphatic rings. The number of hydrogen-bond acceptors (Lipinski definition) is 9. The van der Waals surface area contributed by atoms with Gasteiger partial charge in [0.05, 0.1) is 27.0 Å². The van der Waals surface area contributed by atoms with Crippen LogP contribution in [0.3, 0.4) is 0 Å². The van der Waals surface area contributed by atoms with Crippen LogP contribution in [0.4, 0.5) is 0 Å². The lowest BCUT2D eigenvalue weighted by Gasteiger charge is -2.35. The van der Waals surface area contributed by atoms with Gasteiger partial charge in [-0.1, -0.05) is 24.3 Å². The molecule has 0 aromatic heterocycles. The fourth-order valence-electron chi connectivity index (χ4n) is 3.01. The van der Waals surface area contributed by atoms with Crippen LogP contribution >= 0.6 is 0 Å². The molecule has 136 valence electrons. The summed E-state index contributed by atoms with van der Waals surface area (Å²) in [7, 11) is 2.25. The van der Waals surface area contributed by atoms with Crippen LogP contribution in [0.1, 0.15) is 17.2 Å². The number of Topliss-reactive ketones (excluding diaryl/α,β-unsaturated/α-hetero) is 1. The summed E-state index contributed by atoms with van der Waals surface area (Å²) < 4.78 is 9.33. The zero-order valence-corrected chi connectivity index (χ0v) is 14.3. The van der Waals surface area contributed by atoms with Crippen LogP contribution in [0.15, 0.2) is 34.4 Å². The van der Waals surface area contributed by atoms with Crippen LogP contribution in [0.5, 0.6) is 0 Å². The Kier molecular flexibility index (Phi) is 4.97. The lowest BCUT2D eigenvalue weighted by atomic mass is 9.86. The predicted octanol–water partition coefficient (Wildman–Crippen LogP) is -0.132. The molecule has 0 aliphatic carbocycles. The summed E-state index contributed by atoms with van der Waals surface area (Å²) in [5, 5.41) is 8.85. The molecule has 3 rings (SSSR count). The van der Waals surface area contributed by atoms with Crippen molar-refractivity contribution in [1.29, 1.82) is 0 Å². The first-order valence-electron chi connectivity index (χ1n) is 7.99. The Morgan fingerprint density at radius 2 is 2.00 bits per heavy atom. The largest absolute Gasteiger partial charge is 0.468 e. The average molecular weight is 358 g/mol. The molecular formula is C17H18N4O5. The van der Waals surface area contributed by atoms with E-state index in [-0.39, 0.29) is 0 Å². The molecule has 1 aromatic carbocycles. The third-order valence-electron chi connectivity index (χ3n) is 4.21. The minimum Gasteiger partial charge on any atom is -0.468 e. The number of ketones is 1. The second kappa shape index (κ2) is 7.34. The average Bonchev–Trinajstić information content (AvgIpc) is 3.21. The van der Waals surface area contributed by atoms with Gasteiger partial charge in [-0.25, -0.2) is 14.8 Å². The van der Waals surface area contributed by atoms with E-state index in [1.54, 1.807) is 18.3 Å². The molecule has 9 heteroatoms. The summed E-state index contributed by atoms with van der Waals surface area (Å²) in [6.07, 6.45) is 1.62. The summed E-state index contributed by atoms with van der Waals surface area (Å²) in [6, 6.07) is 6.29. The van der Waals surface area contributed by atoms with Crippen LogP contribution < -0.4 is 5.32 Å². The van der Waals surface area contributed by atoms with Gasteiger partial charge < -0.3 is 14.8 Å². The SMILES string of the molecule is COC(=O)C(=O)[C@H](C(=O)OC)[C@@H]1c2ccccc2C=NN1C1=NCCN1. The number of guanidine groups is 1. The zero-order chi connectivity index (χ0) is 18.7. The molecule has 0 saturated carbocycles. The number of ether oxygens (including phenoxy) is 2. The first-order valence-corrected chi connectivity index (χ1v) is 7.99. The third kappa shape index (κ3) is 3.03. The molecule has 1 N–H and O–H groups in total. The number of benzene rings is 1. The van der Waals surface area contributed by atoms with Gasteiger partial charge in [-0.3, -0.25) is 9.59 Å². The van der Waals surface area contributed by atoms with Crippen LogP contribution in [0, 0.1) is 5.92 Å². The minimum atomic E-state index is -1.45.